The van der Waals surface area contributed by atoms with Crippen molar-refractivity contribution in [2.45, 2.75) is 25.2 Å². The Labute approximate surface area is 204 Å². The number of non-ortho nitro benzene ring substituents is 1. The number of nitro groups is 1. The van der Waals surface area contributed by atoms with Gasteiger partial charge in [-0.2, -0.15) is 0 Å². The zero-order chi connectivity index (χ0) is 24.8. The predicted octanol–water partition coefficient (Wildman–Crippen LogP) is 4.02. The standard InChI is InChI=1S/C24H22N6O4S/c1-2-29-21(14-25-23(32)17-9-5-10-18(13-17)30(33)34)27-28-24(29)35-15-22(31)26-20-12-6-8-16-7-3-4-11-19(16)20/h3-13H,2,14-15H2,1H3,(H,25,32)(H,26,31). The molecule has 4 aromatic rings. The topological polar surface area (TPSA) is 132 Å². The molecule has 0 saturated heterocycles. The number of nitro benzene ring substituents is 1. The Bertz CT molecular complexity index is 1400. The van der Waals surface area contributed by atoms with E-state index in [2.05, 4.69) is 20.8 Å². The van der Waals surface area contributed by atoms with E-state index in [1.165, 1.54) is 36.0 Å². The number of aromatic nitrogens is 3. The molecule has 0 radical (unpaired) electrons. The summed E-state index contributed by atoms with van der Waals surface area (Å²) in [6.07, 6.45) is 0. The number of nitrogens with one attached hydrogen (secondary N) is 2. The summed E-state index contributed by atoms with van der Waals surface area (Å²) >= 11 is 1.25. The van der Waals surface area contributed by atoms with Crippen molar-refractivity contribution in [1.29, 1.82) is 0 Å². The summed E-state index contributed by atoms with van der Waals surface area (Å²) in [6.45, 7) is 2.54. The molecule has 1 heterocycles. The van der Waals surface area contributed by atoms with Crippen molar-refractivity contribution in [2.75, 3.05) is 11.1 Å². The molecule has 0 aliphatic heterocycles. The van der Waals surface area contributed by atoms with E-state index < -0.39 is 10.8 Å². The lowest BCUT2D eigenvalue weighted by molar-refractivity contribution is -0.384. The maximum atomic E-state index is 12.6. The molecule has 0 bridgehead atoms. The van der Waals surface area contributed by atoms with Gasteiger partial charge in [-0.05, 0) is 24.4 Å². The molecular weight excluding hydrogens is 468 g/mol. The number of carbonyl (C=O) groups is 2. The molecule has 0 saturated carbocycles. The predicted molar refractivity (Wildman–Crippen MR) is 133 cm³/mol. The van der Waals surface area contributed by atoms with Crippen molar-refractivity contribution >= 4 is 45.7 Å². The molecule has 11 heteroatoms. The third kappa shape index (κ3) is 5.64. The Morgan fingerprint density at radius 1 is 1.06 bits per heavy atom. The maximum absolute atomic E-state index is 12.6. The van der Waals surface area contributed by atoms with Crippen LogP contribution in [0.1, 0.15) is 23.1 Å². The van der Waals surface area contributed by atoms with Crippen LogP contribution in [0.2, 0.25) is 0 Å². The van der Waals surface area contributed by atoms with Crippen LogP contribution in [0.25, 0.3) is 10.8 Å². The lowest BCUT2D eigenvalue weighted by Gasteiger charge is -2.10. The first-order valence-electron chi connectivity index (χ1n) is 10.8. The molecule has 35 heavy (non-hydrogen) atoms. The number of thioether (sulfide) groups is 1. The van der Waals surface area contributed by atoms with Crippen LogP contribution in [0.5, 0.6) is 0 Å². The van der Waals surface area contributed by atoms with E-state index in [-0.39, 0.29) is 29.5 Å². The molecule has 0 aliphatic rings. The van der Waals surface area contributed by atoms with E-state index >= 15 is 0 Å². The number of fused-ring (bicyclic) bond motifs is 1. The summed E-state index contributed by atoms with van der Waals surface area (Å²) in [4.78, 5) is 35.4. The first kappa shape index (κ1) is 23.9. The minimum Gasteiger partial charge on any atom is -0.345 e. The second-order valence-electron chi connectivity index (χ2n) is 7.50. The Morgan fingerprint density at radius 3 is 2.63 bits per heavy atom. The fraction of sp³-hybridized carbons (Fsp3) is 0.167. The molecule has 1 aromatic heterocycles. The molecule has 0 atom stereocenters. The van der Waals surface area contributed by atoms with Crippen LogP contribution in [-0.4, -0.2) is 37.3 Å². The van der Waals surface area contributed by atoms with Gasteiger partial charge in [0.05, 0.1) is 17.2 Å². The fourth-order valence-electron chi connectivity index (χ4n) is 3.55. The Balaban J connectivity index is 1.37. The number of hydrogen-bond donors (Lipinski definition) is 2. The Hall–Kier alpha value is -4.25. The van der Waals surface area contributed by atoms with Gasteiger partial charge in [-0.3, -0.25) is 19.7 Å². The summed E-state index contributed by atoms with van der Waals surface area (Å²) < 4.78 is 1.81. The monoisotopic (exact) mass is 490 g/mol. The van der Waals surface area contributed by atoms with E-state index in [1.54, 1.807) is 0 Å². The molecule has 178 valence electrons. The first-order valence-corrected chi connectivity index (χ1v) is 11.8. The van der Waals surface area contributed by atoms with Gasteiger partial charge in [-0.1, -0.05) is 54.2 Å². The Kier molecular flexibility index (Phi) is 7.36. The molecule has 0 aliphatic carbocycles. The maximum Gasteiger partial charge on any atom is 0.270 e. The van der Waals surface area contributed by atoms with Gasteiger partial charge >= 0.3 is 0 Å². The number of benzene rings is 3. The minimum atomic E-state index is -0.551. The van der Waals surface area contributed by atoms with Crippen LogP contribution in [0, 0.1) is 10.1 Å². The third-order valence-electron chi connectivity index (χ3n) is 5.23. The van der Waals surface area contributed by atoms with Gasteiger partial charge < -0.3 is 15.2 Å². The Morgan fingerprint density at radius 2 is 1.83 bits per heavy atom. The van der Waals surface area contributed by atoms with Crippen LogP contribution in [-0.2, 0) is 17.9 Å². The van der Waals surface area contributed by atoms with Gasteiger partial charge in [0.2, 0.25) is 5.91 Å². The number of hydrogen-bond acceptors (Lipinski definition) is 7. The number of carbonyl (C=O) groups excluding carboxylic acids is 2. The minimum absolute atomic E-state index is 0.0884. The van der Waals surface area contributed by atoms with Crippen molar-refractivity contribution in [3.8, 4) is 0 Å². The molecule has 2 amide bonds. The number of nitrogens with zero attached hydrogens (tertiary/aromatic N) is 4. The van der Waals surface area contributed by atoms with E-state index in [1.807, 2.05) is 54.0 Å². The highest BCUT2D eigenvalue weighted by Gasteiger charge is 2.16. The number of amides is 2. The second kappa shape index (κ2) is 10.8. The van der Waals surface area contributed by atoms with Crippen molar-refractivity contribution in [3.05, 3.63) is 88.2 Å². The van der Waals surface area contributed by atoms with Gasteiger partial charge in [0.1, 0.15) is 0 Å². The first-order chi connectivity index (χ1) is 17.0. The smallest absolute Gasteiger partial charge is 0.270 e. The molecule has 4 rings (SSSR count). The van der Waals surface area contributed by atoms with Crippen molar-refractivity contribution in [1.82, 2.24) is 20.1 Å². The van der Waals surface area contributed by atoms with Gasteiger partial charge in [-0.25, -0.2) is 0 Å². The van der Waals surface area contributed by atoms with Crippen LogP contribution >= 0.6 is 11.8 Å². The van der Waals surface area contributed by atoms with Crippen LogP contribution in [0.4, 0.5) is 11.4 Å². The lowest BCUT2D eigenvalue weighted by atomic mass is 10.1. The quantitative estimate of drug-likeness (QED) is 0.206. The number of anilines is 1. The summed E-state index contributed by atoms with van der Waals surface area (Å²) in [5.41, 5.74) is 0.770. The highest BCUT2D eigenvalue weighted by atomic mass is 32.2. The van der Waals surface area contributed by atoms with Crippen LogP contribution in [0.15, 0.2) is 71.9 Å². The molecule has 0 fully saturated rings. The van der Waals surface area contributed by atoms with Gasteiger partial charge in [0, 0.05) is 35.3 Å². The van der Waals surface area contributed by atoms with Gasteiger partial charge in [-0.15, -0.1) is 10.2 Å². The molecule has 3 aromatic carbocycles. The highest BCUT2D eigenvalue weighted by Crippen LogP contribution is 2.24. The van der Waals surface area contributed by atoms with Crippen LogP contribution < -0.4 is 10.6 Å². The SMILES string of the molecule is CCn1c(CNC(=O)c2cccc([N+](=O)[O-])c2)nnc1SCC(=O)Nc1cccc2ccccc12. The van der Waals surface area contributed by atoms with E-state index in [4.69, 9.17) is 0 Å². The molecule has 0 unspecified atom stereocenters. The summed E-state index contributed by atoms with van der Waals surface area (Å²) in [6, 6.07) is 19.1. The normalized spacial score (nSPS) is 10.8. The second-order valence-corrected chi connectivity index (χ2v) is 8.44. The molecule has 0 spiro atoms. The lowest BCUT2D eigenvalue weighted by Crippen LogP contribution is -2.25. The van der Waals surface area contributed by atoms with Crippen molar-refractivity contribution < 1.29 is 14.5 Å². The summed E-state index contributed by atoms with van der Waals surface area (Å²) in [5.74, 6) is 0.0327. The molecule has 2 N–H and O–H groups in total. The zero-order valence-corrected chi connectivity index (χ0v) is 19.6. The van der Waals surface area contributed by atoms with Crippen LogP contribution in [0.3, 0.4) is 0 Å². The van der Waals surface area contributed by atoms with E-state index in [0.29, 0.717) is 17.5 Å². The van der Waals surface area contributed by atoms with Gasteiger partial charge in [0.15, 0.2) is 11.0 Å². The summed E-state index contributed by atoms with van der Waals surface area (Å²) in [5, 5.41) is 27.5. The summed E-state index contributed by atoms with van der Waals surface area (Å²) in [7, 11) is 0. The van der Waals surface area contributed by atoms with Crippen molar-refractivity contribution in [2.24, 2.45) is 0 Å². The molecule has 10 nitrogen and oxygen atoms in total. The fourth-order valence-corrected chi connectivity index (χ4v) is 4.37. The van der Waals surface area contributed by atoms with Gasteiger partial charge in [0.25, 0.3) is 11.6 Å². The molecular formula is C24H22N6O4S. The van der Waals surface area contributed by atoms with E-state index in [0.717, 1.165) is 16.5 Å². The average Bonchev–Trinajstić information content (AvgIpc) is 3.28. The van der Waals surface area contributed by atoms with Crippen molar-refractivity contribution in [3.63, 3.8) is 0 Å². The largest absolute Gasteiger partial charge is 0.345 e. The zero-order valence-electron chi connectivity index (χ0n) is 18.8. The average molecular weight is 491 g/mol. The highest BCUT2D eigenvalue weighted by molar-refractivity contribution is 7.99. The third-order valence-corrected chi connectivity index (χ3v) is 6.20. The number of rotatable bonds is 9. The van der Waals surface area contributed by atoms with E-state index in [9.17, 15) is 19.7 Å².